The zero-order valence-corrected chi connectivity index (χ0v) is 14.0. The molecule has 2 aliphatic rings. The molecule has 1 fully saturated rings. The predicted molar refractivity (Wildman–Crippen MR) is 93.9 cm³/mol. The van der Waals surface area contributed by atoms with E-state index in [9.17, 15) is 0 Å². The van der Waals surface area contributed by atoms with Crippen molar-refractivity contribution in [3.63, 3.8) is 0 Å². The summed E-state index contributed by atoms with van der Waals surface area (Å²) in [6.07, 6.45) is 1.91. The minimum atomic E-state index is -0.00682. The molecule has 1 N–H and O–H groups in total. The first-order valence-corrected chi connectivity index (χ1v) is 8.51. The number of anilines is 1. The Morgan fingerprint density at radius 3 is 2.52 bits per heavy atom. The Hall–Kier alpha value is -2.71. The van der Waals surface area contributed by atoms with Crippen LogP contribution in [0, 0.1) is 11.3 Å². The van der Waals surface area contributed by atoms with Gasteiger partial charge in [-0.3, -0.25) is 0 Å². The summed E-state index contributed by atoms with van der Waals surface area (Å²) in [6, 6.07) is 16.0. The molecule has 5 heteroatoms. The number of hydrogen-bond acceptors (Lipinski definition) is 5. The van der Waals surface area contributed by atoms with Crippen molar-refractivity contribution in [1.29, 1.82) is 5.26 Å². The molecule has 128 valence electrons. The van der Waals surface area contributed by atoms with Gasteiger partial charge in [-0.2, -0.15) is 5.26 Å². The van der Waals surface area contributed by atoms with E-state index < -0.39 is 0 Å². The van der Waals surface area contributed by atoms with Crippen LogP contribution < -0.4 is 14.8 Å². The number of nitrogens with zero attached hydrogens (tertiary/aromatic N) is 1. The molecule has 0 aliphatic carbocycles. The van der Waals surface area contributed by atoms with Crippen molar-refractivity contribution in [2.45, 2.75) is 18.3 Å². The zero-order valence-electron chi connectivity index (χ0n) is 14.0. The molecule has 0 spiro atoms. The molecule has 0 unspecified atom stereocenters. The minimum Gasteiger partial charge on any atom is -0.454 e. The van der Waals surface area contributed by atoms with E-state index in [2.05, 4.69) is 23.5 Å². The smallest absolute Gasteiger partial charge is 0.231 e. The molecular formula is C20H20N2O3. The third kappa shape index (κ3) is 3.13. The maximum atomic E-state index is 8.92. The monoisotopic (exact) mass is 336 g/mol. The van der Waals surface area contributed by atoms with Gasteiger partial charge in [-0.05, 0) is 54.8 Å². The predicted octanol–water partition coefficient (Wildman–Crippen LogP) is 3.45. The average molecular weight is 336 g/mol. The van der Waals surface area contributed by atoms with Crippen LogP contribution in [0.4, 0.5) is 5.69 Å². The van der Waals surface area contributed by atoms with Gasteiger partial charge in [0, 0.05) is 30.9 Å². The summed E-state index contributed by atoms with van der Waals surface area (Å²) in [5.41, 5.74) is 2.93. The zero-order chi connectivity index (χ0) is 17.1. The highest BCUT2D eigenvalue weighted by Crippen LogP contribution is 2.41. The highest BCUT2D eigenvalue weighted by molar-refractivity contribution is 5.50. The number of ether oxygens (including phenoxy) is 3. The number of rotatable bonds is 4. The van der Waals surface area contributed by atoms with Crippen molar-refractivity contribution in [1.82, 2.24) is 0 Å². The molecule has 0 saturated carbocycles. The van der Waals surface area contributed by atoms with Crippen LogP contribution in [0.3, 0.4) is 0 Å². The molecule has 1 saturated heterocycles. The van der Waals surface area contributed by atoms with E-state index in [1.165, 1.54) is 5.56 Å². The van der Waals surface area contributed by atoms with E-state index in [1.54, 1.807) is 0 Å². The van der Waals surface area contributed by atoms with Gasteiger partial charge < -0.3 is 19.5 Å². The highest BCUT2D eigenvalue weighted by Gasteiger charge is 2.35. The molecule has 5 nitrogen and oxygen atoms in total. The number of nitriles is 1. The van der Waals surface area contributed by atoms with E-state index in [0.717, 1.165) is 49.8 Å². The second-order valence-electron chi connectivity index (χ2n) is 6.50. The lowest BCUT2D eigenvalue weighted by atomic mass is 9.74. The van der Waals surface area contributed by atoms with Crippen molar-refractivity contribution in [2.75, 3.05) is 31.9 Å². The number of nitrogens with one attached hydrogen (secondary N) is 1. The molecule has 25 heavy (non-hydrogen) atoms. The summed E-state index contributed by atoms with van der Waals surface area (Å²) >= 11 is 0. The Morgan fingerprint density at radius 1 is 1.00 bits per heavy atom. The van der Waals surface area contributed by atoms with E-state index in [-0.39, 0.29) is 5.41 Å². The summed E-state index contributed by atoms with van der Waals surface area (Å²) in [5.74, 6) is 1.63. The van der Waals surface area contributed by atoms with Gasteiger partial charge in [0.25, 0.3) is 0 Å². The molecule has 0 aromatic heterocycles. The highest BCUT2D eigenvalue weighted by atomic mass is 16.7. The first-order chi connectivity index (χ1) is 12.3. The van der Waals surface area contributed by atoms with E-state index >= 15 is 0 Å². The summed E-state index contributed by atoms with van der Waals surface area (Å²) < 4.78 is 16.6. The molecule has 2 aromatic rings. The van der Waals surface area contributed by atoms with Gasteiger partial charge in [0.05, 0.1) is 11.6 Å². The van der Waals surface area contributed by atoms with Gasteiger partial charge >= 0.3 is 0 Å². The second-order valence-corrected chi connectivity index (χ2v) is 6.50. The number of hydrogen-bond donors (Lipinski definition) is 1. The van der Waals surface area contributed by atoms with Gasteiger partial charge in [0.2, 0.25) is 6.79 Å². The standard InChI is InChI=1S/C20H20N2O3/c21-12-15-1-4-17(5-2-15)22-13-20(7-9-23-10-8-20)16-3-6-18-19(11-16)25-14-24-18/h1-6,11,22H,7-10,13-14H2. The van der Waals surface area contributed by atoms with Crippen LogP contribution in [0.5, 0.6) is 11.5 Å². The Kier molecular flexibility index (Phi) is 4.21. The first kappa shape index (κ1) is 15.8. The molecule has 0 atom stereocenters. The molecule has 4 rings (SSSR count). The molecule has 2 aromatic carbocycles. The van der Waals surface area contributed by atoms with Crippen molar-refractivity contribution >= 4 is 5.69 Å². The second kappa shape index (κ2) is 6.66. The Bertz CT molecular complexity index is 790. The largest absolute Gasteiger partial charge is 0.454 e. The van der Waals surface area contributed by atoms with Crippen LogP contribution in [0.15, 0.2) is 42.5 Å². The van der Waals surface area contributed by atoms with Crippen LogP contribution in [0.1, 0.15) is 24.0 Å². The maximum absolute atomic E-state index is 8.92. The molecule has 0 radical (unpaired) electrons. The quantitative estimate of drug-likeness (QED) is 0.926. The molecular weight excluding hydrogens is 316 g/mol. The van der Waals surface area contributed by atoms with Crippen molar-refractivity contribution in [2.24, 2.45) is 0 Å². The van der Waals surface area contributed by atoms with Gasteiger partial charge in [0.15, 0.2) is 11.5 Å². The van der Waals surface area contributed by atoms with Gasteiger partial charge in [-0.25, -0.2) is 0 Å². The van der Waals surface area contributed by atoms with Crippen LogP contribution in [0.25, 0.3) is 0 Å². The fourth-order valence-corrected chi connectivity index (χ4v) is 3.49. The van der Waals surface area contributed by atoms with Crippen LogP contribution >= 0.6 is 0 Å². The molecule has 2 heterocycles. The summed E-state index contributed by atoms with van der Waals surface area (Å²) in [6.45, 7) is 2.60. The van der Waals surface area contributed by atoms with Gasteiger partial charge in [-0.1, -0.05) is 6.07 Å². The normalized spacial score (nSPS) is 17.7. The summed E-state index contributed by atoms with van der Waals surface area (Å²) in [7, 11) is 0. The topological polar surface area (TPSA) is 63.5 Å². The third-order valence-corrected chi connectivity index (χ3v) is 5.08. The lowest BCUT2D eigenvalue weighted by Crippen LogP contribution is -2.40. The van der Waals surface area contributed by atoms with Gasteiger partial charge in [0.1, 0.15) is 0 Å². The van der Waals surface area contributed by atoms with Crippen LogP contribution in [-0.4, -0.2) is 26.6 Å². The third-order valence-electron chi connectivity index (χ3n) is 5.08. The number of benzene rings is 2. The van der Waals surface area contributed by atoms with Crippen molar-refractivity contribution in [3.8, 4) is 17.6 Å². The van der Waals surface area contributed by atoms with Crippen molar-refractivity contribution in [3.05, 3.63) is 53.6 Å². The summed E-state index contributed by atoms with van der Waals surface area (Å²) in [5, 5.41) is 12.5. The van der Waals surface area contributed by atoms with E-state index in [0.29, 0.717) is 12.4 Å². The molecule has 2 aliphatic heterocycles. The van der Waals surface area contributed by atoms with Crippen LogP contribution in [-0.2, 0) is 10.2 Å². The fraction of sp³-hybridized carbons (Fsp3) is 0.350. The molecule has 0 bridgehead atoms. The van der Waals surface area contributed by atoms with Crippen LogP contribution in [0.2, 0.25) is 0 Å². The average Bonchev–Trinajstić information content (AvgIpc) is 3.15. The lowest BCUT2D eigenvalue weighted by molar-refractivity contribution is 0.0543. The van der Waals surface area contributed by atoms with E-state index in [1.807, 2.05) is 30.3 Å². The Labute approximate surface area is 147 Å². The fourth-order valence-electron chi connectivity index (χ4n) is 3.49. The van der Waals surface area contributed by atoms with Gasteiger partial charge in [-0.15, -0.1) is 0 Å². The molecule has 0 amide bonds. The first-order valence-electron chi connectivity index (χ1n) is 8.51. The number of fused-ring (bicyclic) bond motifs is 1. The summed E-state index contributed by atoms with van der Waals surface area (Å²) in [4.78, 5) is 0. The maximum Gasteiger partial charge on any atom is 0.231 e. The Morgan fingerprint density at radius 2 is 1.76 bits per heavy atom. The van der Waals surface area contributed by atoms with Crippen molar-refractivity contribution < 1.29 is 14.2 Å². The minimum absolute atomic E-state index is 0.00682. The Balaban J connectivity index is 1.57. The SMILES string of the molecule is N#Cc1ccc(NCC2(c3ccc4c(c3)OCO4)CCOCC2)cc1. The van der Waals surface area contributed by atoms with E-state index in [4.69, 9.17) is 19.5 Å². The lowest BCUT2D eigenvalue weighted by Gasteiger charge is -2.38.